The zero-order chi connectivity index (χ0) is 13.8. The van der Waals surface area contributed by atoms with Crippen molar-refractivity contribution in [2.45, 2.75) is 32.9 Å². The van der Waals surface area contributed by atoms with Crippen LogP contribution in [0.3, 0.4) is 0 Å². The van der Waals surface area contributed by atoms with Crippen LogP contribution < -0.4 is 0 Å². The fourth-order valence-electron chi connectivity index (χ4n) is 1.44. The largest absolute Gasteiger partial charge is 0.444 e. The molecule has 96 valence electrons. The van der Waals surface area contributed by atoms with Crippen LogP contribution in [-0.2, 0) is 11.3 Å². The van der Waals surface area contributed by atoms with E-state index in [4.69, 9.17) is 11.2 Å². The Balaban J connectivity index is 2.67. The van der Waals surface area contributed by atoms with Gasteiger partial charge in [0.2, 0.25) is 0 Å². The van der Waals surface area contributed by atoms with Crippen LogP contribution in [0.4, 0.5) is 4.79 Å². The fourth-order valence-corrected chi connectivity index (χ4v) is 1.44. The molecule has 3 heteroatoms. The van der Waals surface area contributed by atoms with E-state index in [2.05, 4.69) is 5.92 Å². The molecule has 1 aromatic carbocycles. The highest BCUT2D eigenvalue weighted by molar-refractivity contribution is 5.67. The third-order valence-electron chi connectivity index (χ3n) is 2.22. The third kappa shape index (κ3) is 4.50. The Morgan fingerprint density at radius 2 is 2.11 bits per heavy atom. The smallest absolute Gasteiger partial charge is 0.410 e. The molecule has 0 aliphatic rings. The van der Waals surface area contributed by atoms with Gasteiger partial charge in [-0.2, -0.15) is 0 Å². The zero-order valence-electron chi connectivity index (χ0n) is 11.4. The summed E-state index contributed by atoms with van der Waals surface area (Å²) < 4.78 is 5.27. The summed E-state index contributed by atoms with van der Waals surface area (Å²) in [6.45, 7) is 6.01. The Bertz CT molecular complexity index is 466. The van der Waals surface area contributed by atoms with Crippen LogP contribution >= 0.6 is 0 Å². The lowest BCUT2D eigenvalue weighted by Gasteiger charge is -2.24. The fraction of sp³-hybridized carbons (Fsp3) is 0.400. The predicted octanol–water partition coefficient (Wildman–Crippen LogP) is 3.03. The Labute approximate surface area is 109 Å². The number of rotatable bonds is 2. The molecule has 18 heavy (non-hydrogen) atoms. The van der Waals surface area contributed by atoms with E-state index in [-0.39, 0.29) is 6.09 Å². The van der Waals surface area contributed by atoms with Crippen LogP contribution in [-0.4, -0.2) is 23.6 Å². The number of nitrogens with zero attached hydrogens (tertiary/aromatic N) is 1. The second-order valence-corrected chi connectivity index (χ2v) is 5.18. The average Bonchev–Trinajstić information content (AvgIpc) is 2.27. The van der Waals surface area contributed by atoms with Crippen molar-refractivity contribution < 1.29 is 9.53 Å². The second kappa shape index (κ2) is 5.59. The predicted molar refractivity (Wildman–Crippen MR) is 72.1 cm³/mol. The van der Waals surface area contributed by atoms with E-state index < -0.39 is 5.60 Å². The maximum absolute atomic E-state index is 11.8. The molecule has 1 rings (SSSR count). The standard InChI is InChI=1S/C15H19NO2/c1-6-12-8-7-9-13(10-12)11-16(5)14(17)18-15(2,3)4/h1,7-10H,11H2,2-5H3. The van der Waals surface area contributed by atoms with Crippen LogP contribution in [0.5, 0.6) is 0 Å². The summed E-state index contributed by atoms with van der Waals surface area (Å²) in [5, 5.41) is 0. The first kappa shape index (κ1) is 14.1. The first-order chi connectivity index (χ1) is 8.31. The highest BCUT2D eigenvalue weighted by atomic mass is 16.6. The lowest BCUT2D eigenvalue weighted by molar-refractivity contribution is 0.0285. The molecule has 3 nitrogen and oxygen atoms in total. The van der Waals surface area contributed by atoms with Gasteiger partial charge in [0.1, 0.15) is 5.60 Å². The maximum atomic E-state index is 11.8. The van der Waals surface area contributed by atoms with Gasteiger partial charge in [-0.05, 0) is 38.5 Å². The molecule has 0 aliphatic heterocycles. The normalized spacial score (nSPS) is 10.6. The molecular formula is C15H19NO2. The van der Waals surface area contributed by atoms with Crippen molar-refractivity contribution in [1.82, 2.24) is 4.90 Å². The van der Waals surface area contributed by atoms with Crippen LogP contribution in [0.25, 0.3) is 0 Å². The number of carbonyl (C=O) groups excluding carboxylic acids is 1. The van der Waals surface area contributed by atoms with E-state index in [0.717, 1.165) is 11.1 Å². The lowest BCUT2D eigenvalue weighted by Crippen LogP contribution is -2.33. The molecule has 0 spiro atoms. The molecule has 1 aromatic rings. The number of terminal acetylenes is 1. The van der Waals surface area contributed by atoms with Gasteiger partial charge in [0, 0.05) is 19.2 Å². The van der Waals surface area contributed by atoms with Crippen LogP contribution in [0.2, 0.25) is 0 Å². The molecular weight excluding hydrogens is 226 g/mol. The number of amides is 1. The van der Waals surface area contributed by atoms with E-state index >= 15 is 0 Å². The summed E-state index contributed by atoms with van der Waals surface area (Å²) in [5.74, 6) is 2.57. The van der Waals surface area contributed by atoms with E-state index in [1.54, 1.807) is 7.05 Å². The monoisotopic (exact) mass is 245 g/mol. The molecule has 0 heterocycles. The summed E-state index contributed by atoms with van der Waals surface area (Å²) in [4.78, 5) is 13.3. The van der Waals surface area contributed by atoms with E-state index in [1.165, 1.54) is 4.90 Å². The summed E-state index contributed by atoms with van der Waals surface area (Å²) in [5.41, 5.74) is 1.32. The summed E-state index contributed by atoms with van der Waals surface area (Å²) >= 11 is 0. The molecule has 0 fully saturated rings. The van der Waals surface area contributed by atoms with Gasteiger partial charge in [-0.25, -0.2) is 4.79 Å². The Hall–Kier alpha value is -1.95. The van der Waals surface area contributed by atoms with Gasteiger partial charge in [0.15, 0.2) is 0 Å². The third-order valence-corrected chi connectivity index (χ3v) is 2.22. The van der Waals surface area contributed by atoms with E-state index in [1.807, 2.05) is 45.0 Å². The number of benzene rings is 1. The van der Waals surface area contributed by atoms with Gasteiger partial charge in [-0.3, -0.25) is 0 Å². The number of hydrogen-bond acceptors (Lipinski definition) is 2. The van der Waals surface area contributed by atoms with E-state index in [0.29, 0.717) is 6.54 Å². The number of ether oxygens (including phenoxy) is 1. The minimum atomic E-state index is -0.480. The van der Waals surface area contributed by atoms with Gasteiger partial charge in [-0.1, -0.05) is 18.1 Å². The van der Waals surface area contributed by atoms with Crippen molar-refractivity contribution in [1.29, 1.82) is 0 Å². The van der Waals surface area contributed by atoms with Crippen molar-refractivity contribution in [3.63, 3.8) is 0 Å². The maximum Gasteiger partial charge on any atom is 0.410 e. The van der Waals surface area contributed by atoms with Crippen LogP contribution in [0.15, 0.2) is 24.3 Å². The van der Waals surface area contributed by atoms with Crippen molar-refractivity contribution >= 4 is 6.09 Å². The summed E-state index contributed by atoms with van der Waals surface area (Å²) in [6, 6.07) is 7.56. The number of carbonyl (C=O) groups is 1. The highest BCUT2D eigenvalue weighted by Gasteiger charge is 2.19. The minimum Gasteiger partial charge on any atom is -0.444 e. The molecule has 0 radical (unpaired) electrons. The molecule has 0 N–H and O–H groups in total. The zero-order valence-corrected chi connectivity index (χ0v) is 11.4. The van der Waals surface area contributed by atoms with Gasteiger partial charge in [0.25, 0.3) is 0 Å². The Morgan fingerprint density at radius 3 is 2.67 bits per heavy atom. The topological polar surface area (TPSA) is 29.5 Å². The molecule has 0 saturated heterocycles. The first-order valence-electron chi connectivity index (χ1n) is 5.81. The minimum absolute atomic E-state index is 0.339. The van der Waals surface area contributed by atoms with Crippen molar-refractivity contribution in [3.8, 4) is 12.3 Å². The summed E-state index contributed by atoms with van der Waals surface area (Å²) in [7, 11) is 1.70. The second-order valence-electron chi connectivity index (χ2n) is 5.18. The first-order valence-corrected chi connectivity index (χ1v) is 5.81. The molecule has 0 aliphatic carbocycles. The van der Waals surface area contributed by atoms with Gasteiger partial charge >= 0.3 is 6.09 Å². The molecule has 0 unspecified atom stereocenters. The van der Waals surface area contributed by atoms with Gasteiger partial charge < -0.3 is 9.64 Å². The molecule has 0 aromatic heterocycles. The molecule has 0 saturated carbocycles. The average molecular weight is 245 g/mol. The lowest BCUT2D eigenvalue weighted by atomic mass is 10.1. The molecule has 1 amide bonds. The number of hydrogen-bond donors (Lipinski definition) is 0. The quantitative estimate of drug-likeness (QED) is 0.749. The van der Waals surface area contributed by atoms with Crippen molar-refractivity contribution in [2.24, 2.45) is 0 Å². The van der Waals surface area contributed by atoms with E-state index in [9.17, 15) is 4.79 Å². The SMILES string of the molecule is C#Cc1cccc(CN(C)C(=O)OC(C)(C)C)c1. The van der Waals surface area contributed by atoms with Gasteiger partial charge in [-0.15, -0.1) is 6.42 Å². The van der Waals surface area contributed by atoms with Gasteiger partial charge in [0.05, 0.1) is 0 Å². The Morgan fingerprint density at radius 1 is 1.44 bits per heavy atom. The highest BCUT2D eigenvalue weighted by Crippen LogP contribution is 2.12. The van der Waals surface area contributed by atoms with Crippen LogP contribution in [0.1, 0.15) is 31.9 Å². The Kier molecular flexibility index (Phi) is 4.38. The van der Waals surface area contributed by atoms with Crippen molar-refractivity contribution in [2.75, 3.05) is 7.05 Å². The van der Waals surface area contributed by atoms with Crippen LogP contribution in [0, 0.1) is 12.3 Å². The molecule has 0 bridgehead atoms. The summed E-state index contributed by atoms with van der Waals surface area (Å²) in [6.07, 6.45) is 5.00. The van der Waals surface area contributed by atoms with Crippen molar-refractivity contribution in [3.05, 3.63) is 35.4 Å². The molecule has 0 atom stereocenters.